The van der Waals surface area contributed by atoms with Crippen LogP contribution in [0.15, 0.2) is 41.8 Å². The lowest BCUT2D eigenvalue weighted by atomic mass is 10.1. The maximum Gasteiger partial charge on any atom is 0.308 e. The lowest BCUT2D eigenvalue weighted by Gasteiger charge is -2.13. The molecule has 0 aliphatic carbocycles. The van der Waals surface area contributed by atoms with Gasteiger partial charge >= 0.3 is 5.97 Å². The first-order valence-corrected chi connectivity index (χ1v) is 9.99. The second-order valence-corrected chi connectivity index (χ2v) is 7.36. The Bertz CT molecular complexity index is 1120. The molecular weight excluding hydrogens is 424 g/mol. The van der Waals surface area contributed by atoms with Gasteiger partial charge in [-0.05, 0) is 35.9 Å². The van der Waals surface area contributed by atoms with Crippen molar-refractivity contribution in [1.82, 2.24) is 4.98 Å². The number of carbonyl (C=O) groups excluding carboxylic acids is 1. The van der Waals surface area contributed by atoms with Crippen molar-refractivity contribution >= 4 is 40.6 Å². The van der Waals surface area contributed by atoms with Crippen LogP contribution in [0.3, 0.4) is 0 Å². The highest BCUT2D eigenvalue weighted by atomic mass is 35.5. The van der Waals surface area contributed by atoms with Crippen molar-refractivity contribution in [3.63, 3.8) is 0 Å². The van der Waals surface area contributed by atoms with Crippen LogP contribution in [0.1, 0.15) is 17.5 Å². The zero-order chi connectivity index (χ0) is 21.7. The van der Waals surface area contributed by atoms with Gasteiger partial charge in [-0.25, -0.2) is 4.98 Å². The van der Waals surface area contributed by atoms with Gasteiger partial charge in [0.05, 0.1) is 25.5 Å². The number of allylic oxidation sites excluding steroid dienone is 1. The fourth-order valence-electron chi connectivity index (χ4n) is 2.69. The van der Waals surface area contributed by atoms with Gasteiger partial charge in [0.15, 0.2) is 11.5 Å². The molecule has 0 N–H and O–H groups in total. The molecule has 0 spiro atoms. The number of carbonyl (C=O) groups is 1. The molecule has 152 valence electrons. The molecule has 0 aliphatic rings. The molecule has 0 saturated carbocycles. The predicted octanol–water partition coefficient (Wildman–Crippen LogP) is 5.47. The quantitative estimate of drug-likeness (QED) is 0.287. The average Bonchev–Trinajstić information content (AvgIpc) is 3.22. The SMILES string of the molecule is COc1cc(/C=C(\C#N)c2nc(-c3ccc(Cl)cc3)cs2)cc(OC)c1OC(C)=O. The second kappa shape index (κ2) is 9.44. The fourth-order valence-corrected chi connectivity index (χ4v) is 3.61. The summed E-state index contributed by atoms with van der Waals surface area (Å²) >= 11 is 7.30. The largest absolute Gasteiger partial charge is 0.493 e. The van der Waals surface area contributed by atoms with E-state index in [4.69, 9.17) is 25.8 Å². The molecule has 0 radical (unpaired) electrons. The molecule has 0 amide bonds. The molecule has 1 aromatic heterocycles. The standard InChI is InChI=1S/C22H17ClN2O4S/c1-13(26)29-21-19(27-2)9-14(10-20(21)28-3)8-16(11-24)22-25-18(12-30-22)15-4-6-17(23)7-5-15/h4-10,12H,1-3H3/b16-8+. The summed E-state index contributed by atoms with van der Waals surface area (Å²) in [6.45, 7) is 1.29. The van der Waals surface area contributed by atoms with Gasteiger partial charge in [0.2, 0.25) is 5.75 Å². The van der Waals surface area contributed by atoms with E-state index in [1.165, 1.54) is 32.5 Å². The number of methoxy groups -OCH3 is 2. The Morgan fingerprint density at radius 1 is 1.17 bits per heavy atom. The Labute approximate surface area is 182 Å². The topological polar surface area (TPSA) is 81.4 Å². The van der Waals surface area contributed by atoms with Gasteiger partial charge in [0, 0.05) is 22.9 Å². The van der Waals surface area contributed by atoms with Crippen molar-refractivity contribution in [2.75, 3.05) is 14.2 Å². The number of halogens is 1. The number of benzene rings is 2. The number of hydrogen-bond donors (Lipinski definition) is 0. The van der Waals surface area contributed by atoms with E-state index in [2.05, 4.69) is 11.1 Å². The Morgan fingerprint density at radius 3 is 2.33 bits per heavy atom. The highest BCUT2D eigenvalue weighted by Crippen LogP contribution is 2.39. The van der Waals surface area contributed by atoms with Crippen molar-refractivity contribution in [2.24, 2.45) is 0 Å². The average molecular weight is 441 g/mol. The Hall–Kier alpha value is -3.34. The van der Waals surface area contributed by atoms with E-state index in [1.807, 2.05) is 17.5 Å². The first kappa shape index (κ1) is 21.4. The van der Waals surface area contributed by atoms with Crippen molar-refractivity contribution in [2.45, 2.75) is 6.92 Å². The number of nitrogens with zero attached hydrogens (tertiary/aromatic N) is 2. The minimum atomic E-state index is -0.495. The van der Waals surface area contributed by atoms with Gasteiger partial charge in [-0.1, -0.05) is 23.7 Å². The Morgan fingerprint density at radius 2 is 1.80 bits per heavy atom. The van der Waals surface area contributed by atoms with E-state index in [0.29, 0.717) is 32.7 Å². The summed E-state index contributed by atoms with van der Waals surface area (Å²) in [7, 11) is 2.92. The molecule has 0 aliphatic heterocycles. The molecule has 0 unspecified atom stereocenters. The van der Waals surface area contributed by atoms with E-state index in [0.717, 1.165) is 11.3 Å². The number of ether oxygens (including phenoxy) is 3. The van der Waals surface area contributed by atoms with Crippen LogP contribution in [0.2, 0.25) is 5.02 Å². The molecular formula is C22H17ClN2O4S. The summed E-state index contributed by atoms with van der Waals surface area (Å²) in [6.07, 6.45) is 1.67. The summed E-state index contributed by atoms with van der Waals surface area (Å²) in [5.41, 5.74) is 2.69. The molecule has 0 atom stereocenters. The number of rotatable bonds is 6. The van der Waals surface area contributed by atoms with Crippen molar-refractivity contribution in [3.05, 3.63) is 57.4 Å². The number of hydrogen-bond acceptors (Lipinski definition) is 7. The van der Waals surface area contributed by atoms with Crippen molar-refractivity contribution in [3.8, 4) is 34.6 Å². The molecule has 3 rings (SSSR count). The normalized spacial score (nSPS) is 11.0. The van der Waals surface area contributed by atoms with Crippen LogP contribution in [0.25, 0.3) is 22.9 Å². The summed E-state index contributed by atoms with van der Waals surface area (Å²) in [5.74, 6) is 0.315. The molecule has 1 heterocycles. The second-order valence-electron chi connectivity index (χ2n) is 6.06. The lowest BCUT2D eigenvalue weighted by molar-refractivity contribution is -0.132. The van der Waals surface area contributed by atoms with Crippen LogP contribution in [0, 0.1) is 11.3 Å². The fraction of sp³-hybridized carbons (Fsp3) is 0.136. The monoisotopic (exact) mass is 440 g/mol. The first-order chi connectivity index (χ1) is 14.4. The van der Waals surface area contributed by atoms with Crippen LogP contribution >= 0.6 is 22.9 Å². The van der Waals surface area contributed by atoms with E-state index < -0.39 is 5.97 Å². The molecule has 6 nitrogen and oxygen atoms in total. The lowest BCUT2D eigenvalue weighted by Crippen LogP contribution is -2.05. The molecule has 2 aromatic carbocycles. The third-order valence-electron chi connectivity index (χ3n) is 4.03. The zero-order valence-electron chi connectivity index (χ0n) is 16.4. The number of aromatic nitrogens is 1. The number of esters is 1. The minimum Gasteiger partial charge on any atom is -0.493 e. The van der Waals surface area contributed by atoms with Crippen molar-refractivity contribution in [1.29, 1.82) is 5.26 Å². The molecule has 0 saturated heterocycles. The first-order valence-electron chi connectivity index (χ1n) is 8.73. The van der Waals surface area contributed by atoms with Crippen LogP contribution in [-0.4, -0.2) is 25.2 Å². The van der Waals surface area contributed by atoms with E-state index >= 15 is 0 Å². The molecule has 0 bridgehead atoms. The summed E-state index contributed by atoms with van der Waals surface area (Å²) in [6, 6.07) is 12.8. The van der Waals surface area contributed by atoms with E-state index in [-0.39, 0.29) is 5.75 Å². The summed E-state index contributed by atoms with van der Waals surface area (Å²) in [4.78, 5) is 16.0. The maximum atomic E-state index is 11.4. The Kier molecular flexibility index (Phi) is 6.72. The van der Waals surface area contributed by atoms with E-state index in [1.54, 1.807) is 30.3 Å². The predicted molar refractivity (Wildman–Crippen MR) is 117 cm³/mol. The molecule has 0 fully saturated rings. The molecule has 8 heteroatoms. The van der Waals surface area contributed by atoms with Crippen LogP contribution in [0.5, 0.6) is 17.2 Å². The molecule has 30 heavy (non-hydrogen) atoms. The summed E-state index contributed by atoms with van der Waals surface area (Å²) < 4.78 is 15.9. The Balaban J connectivity index is 1.99. The van der Waals surface area contributed by atoms with Gasteiger partial charge < -0.3 is 14.2 Å². The minimum absolute atomic E-state index is 0.183. The highest BCUT2D eigenvalue weighted by molar-refractivity contribution is 7.11. The van der Waals surface area contributed by atoms with Crippen LogP contribution in [0.4, 0.5) is 0 Å². The summed E-state index contributed by atoms with van der Waals surface area (Å²) in [5, 5.41) is 12.8. The van der Waals surface area contributed by atoms with Crippen LogP contribution < -0.4 is 14.2 Å². The van der Waals surface area contributed by atoms with Gasteiger partial charge in [0.1, 0.15) is 11.1 Å². The third kappa shape index (κ3) is 4.79. The van der Waals surface area contributed by atoms with Gasteiger partial charge in [-0.2, -0.15) is 5.26 Å². The maximum absolute atomic E-state index is 11.4. The van der Waals surface area contributed by atoms with Gasteiger partial charge in [-0.15, -0.1) is 11.3 Å². The molecule has 3 aromatic rings. The van der Waals surface area contributed by atoms with Gasteiger partial charge in [-0.3, -0.25) is 4.79 Å². The highest BCUT2D eigenvalue weighted by Gasteiger charge is 2.17. The van der Waals surface area contributed by atoms with Crippen molar-refractivity contribution < 1.29 is 19.0 Å². The number of nitriles is 1. The zero-order valence-corrected chi connectivity index (χ0v) is 18.0. The van der Waals surface area contributed by atoms with Gasteiger partial charge in [0.25, 0.3) is 0 Å². The third-order valence-corrected chi connectivity index (χ3v) is 5.16. The van der Waals surface area contributed by atoms with E-state index in [9.17, 15) is 10.1 Å². The van der Waals surface area contributed by atoms with Crippen LogP contribution in [-0.2, 0) is 4.79 Å². The smallest absolute Gasteiger partial charge is 0.308 e. The number of thiazole rings is 1.